The molecule has 0 aromatic heterocycles. The number of nitrogens with one attached hydrogen (secondary N) is 1. The van der Waals surface area contributed by atoms with Crippen LogP contribution >= 0.6 is 12.2 Å². The van der Waals surface area contributed by atoms with Gasteiger partial charge in [-0.1, -0.05) is 18.3 Å². The van der Waals surface area contributed by atoms with Gasteiger partial charge in [-0.15, -0.1) is 0 Å². The van der Waals surface area contributed by atoms with E-state index in [4.69, 9.17) is 5.73 Å². The summed E-state index contributed by atoms with van der Waals surface area (Å²) in [5.41, 5.74) is 6.22. The van der Waals surface area contributed by atoms with Gasteiger partial charge in [0.1, 0.15) is 0 Å². The number of amides is 1. The van der Waals surface area contributed by atoms with Crippen LogP contribution < -0.4 is 11.1 Å². The Labute approximate surface area is 110 Å². The minimum atomic E-state index is -0.450. The lowest BCUT2D eigenvalue weighted by atomic mass is 10.2. The highest BCUT2D eigenvalue weighted by molar-refractivity contribution is 7.80. The number of anilines is 1. The highest BCUT2D eigenvalue weighted by atomic mass is 32.1. The summed E-state index contributed by atoms with van der Waals surface area (Å²) in [5, 5.41) is 2.65. The molecule has 0 atom stereocenters. The summed E-state index contributed by atoms with van der Waals surface area (Å²) >= 11 is 4.69. The second-order valence-electron chi connectivity index (χ2n) is 3.59. The summed E-state index contributed by atoms with van der Waals surface area (Å²) in [5.74, 6) is -0.654. The lowest BCUT2D eigenvalue weighted by Gasteiger charge is -2.06. The molecule has 0 aliphatic rings. The van der Waals surface area contributed by atoms with Crippen LogP contribution in [0.25, 0.3) is 0 Å². The van der Waals surface area contributed by atoms with Crippen LogP contribution in [0.3, 0.4) is 0 Å². The number of ether oxygens (including phenoxy) is 1. The van der Waals surface area contributed by atoms with Crippen molar-refractivity contribution in [1.82, 2.24) is 0 Å². The molecule has 0 spiro atoms. The third-order valence-electron chi connectivity index (χ3n) is 2.17. The molecule has 0 bridgehead atoms. The van der Waals surface area contributed by atoms with Crippen molar-refractivity contribution < 1.29 is 14.3 Å². The highest BCUT2D eigenvalue weighted by Crippen LogP contribution is 2.12. The van der Waals surface area contributed by atoms with Gasteiger partial charge in [0.25, 0.3) is 0 Å². The molecule has 6 heteroatoms. The van der Waals surface area contributed by atoms with Crippen LogP contribution in [0.1, 0.15) is 23.2 Å². The highest BCUT2D eigenvalue weighted by Gasteiger charge is 2.07. The van der Waals surface area contributed by atoms with Crippen molar-refractivity contribution in [2.75, 3.05) is 12.4 Å². The van der Waals surface area contributed by atoms with Gasteiger partial charge in [0, 0.05) is 18.5 Å². The number of methoxy groups -OCH3 is 1. The Balaban J connectivity index is 2.64. The number of carbonyl (C=O) groups is 2. The molecule has 0 unspecified atom stereocenters. The van der Waals surface area contributed by atoms with Crippen molar-refractivity contribution in [3.05, 3.63) is 29.8 Å². The average Bonchev–Trinajstić information content (AvgIpc) is 2.35. The first-order valence-corrected chi connectivity index (χ1v) is 5.70. The molecule has 0 heterocycles. The van der Waals surface area contributed by atoms with Gasteiger partial charge in [0.05, 0.1) is 17.7 Å². The number of nitrogens with two attached hydrogens (primary N) is 1. The first kappa shape index (κ1) is 14.1. The molecule has 18 heavy (non-hydrogen) atoms. The van der Waals surface area contributed by atoms with Crippen molar-refractivity contribution in [3.8, 4) is 0 Å². The van der Waals surface area contributed by atoms with Crippen LogP contribution in [0.15, 0.2) is 24.3 Å². The van der Waals surface area contributed by atoms with Crippen LogP contribution in [0.2, 0.25) is 0 Å². The van der Waals surface area contributed by atoms with Crippen LogP contribution in [0.5, 0.6) is 0 Å². The van der Waals surface area contributed by atoms with E-state index < -0.39 is 5.97 Å². The van der Waals surface area contributed by atoms with Crippen molar-refractivity contribution in [2.45, 2.75) is 12.8 Å². The summed E-state index contributed by atoms with van der Waals surface area (Å²) in [6, 6.07) is 6.50. The van der Waals surface area contributed by atoms with Crippen LogP contribution in [0, 0.1) is 0 Å². The molecule has 0 radical (unpaired) electrons. The number of thiocarbonyl (C=S) groups is 1. The number of hydrogen-bond donors (Lipinski definition) is 2. The van der Waals surface area contributed by atoms with Crippen LogP contribution in [-0.2, 0) is 9.53 Å². The van der Waals surface area contributed by atoms with E-state index in [0.717, 1.165) is 0 Å². The maximum absolute atomic E-state index is 11.5. The second-order valence-corrected chi connectivity index (χ2v) is 4.11. The van der Waals surface area contributed by atoms with Gasteiger partial charge < -0.3 is 15.8 Å². The smallest absolute Gasteiger partial charge is 0.337 e. The zero-order chi connectivity index (χ0) is 13.5. The van der Waals surface area contributed by atoms with E-state index in [1.165, 1.54) is 7.11 Å². The largest absolute Gasteiger partial charge is 0.465 e. The lowest BCUT2D eigenvalue weighted by Crippen LogP contribution is -2.16. The third kappa shape index (κ3) is 4.50. The second kappa shape index (κ2) is 6.70. The van der Waals surface area contributed by atoms with Crippen LogP contribution in [-0.4, -0.2) is 24.0 Å². The predicted molar refractivity (Wildman–Crippen MR) is 72.4 cm³/mol. The number of esters is 1. The molecule has 1 amide bonds. The molecular formula is C12H14N2O3S. The molecule has 5 nitrogen and oxygen atoms in total. The van der Waals surface area contributed by atoms with E-state index in [-0.39, 0.29) is 12.3 Å². The Bertz CT molecular complexity index is 474. The van der Waals surface area contributed by atoms with Crippen molar-refractivity contribution in [1.29, 1.82) is 0 Å². The Morgan fingerprint density at radius 1 is 1.39 bits per heavy atom. The quantitative estimate of drug-likeness (QED) is 0.623. The maximum atomic E-state index is 11.5. The van der Waals surface area contributed by atoms with Crippen molar-refractivity contribution in [3.63, 3.8) is 0 Å². The van der Waals surface area contributed by atoms with Crippen molar-refractivity contribution >= 4 is 34.8 Å². The van der Waals surface area contributed by atoms with E-state index in [9.17, 15) is 9.59 Å². The molecule has 0 saturated carbocycles. The predicted octanol–water partition coefficient (Wildman–Crippen LogP) is 1.48. The molecule has 0 aliphatic carbocycles. The molecular weight excluding hydrogens is 252 g/mol. The number of hydrogen-bond acceptors (Lipinski definition) is 4. The first-order chi connectivity index (χ1) is 8.52. The Kier molecular flexibility index (Phi) is 5.26. The average molecular weight is 266 g/mol. The van der Waals surface area contributed by atoms with Crippen LogP contribution in [0.4, 0.5) is 5.69 Å². The van der Waals surface area contributed by atoms with Gasteiger partial charge in [-0.25, -0.2) is 4.79 Å². The Morgan fingerprint density at radius 2 is 2.11 bits per heavy atom. The number of benzene rings is 1. The SMILES string of the molecule is COC(=O)c1cccc(NC(=O)CCC(N)=S)c1. The normalized spacial score (nSPS) is 9.61. The summed E-state index contributed by atoms with van der Waals surface area (Å²) in [7, 11) is 1.30. The topological polar surface area (TPSA) is 81.4 Å². The fraction of sp³-hybridized carbons (Fsp3) is 0.250. The monoisotopic (exact) mass is 266 g/mol. The van der Waals surface area contributed by atoms with E-state index in [1.807, 2.05) is 0 Å². The lowest BCUT2D eigenvalue weighted by molar-refractivity contribution is -0.116. The van der Waals surface area contributed by atoms with E-state index in [1.54, 1.807) is 24.3 Å². The third-order valence-corrected chi connectivity index (χ3v) is 2.37. The fourth-order valence-corrected chi connectivity index (χ4v) is 1.40. The van der Waals surface area contributed by atoms with Gasteiger partial charge in [-0.3, -0.25) is 4.79 Å². The minimum Gasteiger partial charge on any atom is -0.465 e. The molecule has 1 aromatic carbocycles. The van der Waals surface area contributed by atoms with E-state index in [2.05, 4.69) is 22.3 Å². The van der Waals surface area contributed by atoms with E-state index >= 15 is 0 Å². The minimum absolute atomic E-state index is 0.204. The summed E-state index contributed by atoms with van der Waals surface area (Å²) in [4.78, 5) is 23.1. The Hall–Kier alpha value is -1.95. The standard InChI is InChI=1S/C12H14N2O3S/c1-17-12(16)8-3-2-4-9(7-8)14-11(15)6-5-10(13)18/h2-4,7H,5-6H2,1H3,(H2,13,18)(H,14,15). The summed E-state index contributed by atoms with van der Waals surface area (Å²) in [6.45, 7) is 0. The molecule has 0 saturated heterocycles. The van der Waals surface area contributed by atoms with Gasteiger partial charge >= 0.3 is 5.97 Å². The van der Waals surface area contributed by atoms with Gasteiger partial charge in [0.2, 0.25) is 5.91 Å². The first-order valence-electron chi connectivity index (χ1n) is 5.29. The molecule has 3 N–H and O–H groups in total. The maximum Gasteiger partial charge on any atom is 0.337 e. The number of carbonyl (C=O) groups excluding carboxylic acids is 2. The zero-order valence-corrected chi connectivity index (χ0v) is 10.8. The van der Waals surface area contributed by atoms with E-state index in [0.29, 0.717) is 22.7 Å². The molecule has 0 aliphatic heterocycles. The van der Waals surface area contributed by atoms with Crippen molar-refractivity contribution in [2.24, 2.45) is 5.73 Å². The molecule has 0 fully saturated rings. The van der Waals surface area contributed by atoms with Gasteiger partial charge in [-0.2, -0.15) is 0 Å². The fourth-order valence-electron chi connectivity index (χ4n) is 1.30. The van der Waals surface area contributed by atoms with Gasteiger partial charge in [-0.05, 0) is 18.2 Å². The number of rotatable bonds is 5. The molecule has 1 rings (SSSR count). The summed E-state index contributed by atoms with van der Waals surface area (Å²) in [6.07, 6.45) is 0.579. The zero-order valence-electron chi connectivity index (χ0n) is 9.93. The molecule has 1 aromatic rings. The Morgan fingerprint density at radius 3 is 2.72 bits per heavy atom. The molecule has 96 valence electrons. The summed E-state index contributed by atoms with van der Waals surface area (Å²) < 4.78 is 4.59. The van der Waals surface area contributed by atoms with Gasteiger partial charge in [0.15, 0.2) is 0 Å².